The summed E-state index contributed by atoms with van der Waals surface area (Å²) in [6.45, 7) is 1.85. The molecule has 3 aromatic rings. The molecule has 1 aromatic heterocycles. The number of amides is 2. The molecule has 1 unspecified atom stereocenters. The van der Waals surface area contributed by atoms with E-state index in [2.05, 4.69) is 33.4 Å². The van der Waals surface area contributed by atoms with Crippen LogP contribution in [-0.4, -0.2) is 47.9 Å². The molecule has 6 rings (SSSR count). The first-order valence-electron chi connectivity index (χ1n) is 13.5. The average molecular weight is 495 g/mol. The second-order valence-corrected chi connectivity index (χ2v) is 10.6. The normalized spacial score (nSPS) is 20.8. The summed E-state index contributed by atoms with van der Waals surface area (Å²) in [5.41, 5.74) is 6.70. The summed E-state index contributed by atoms with van der Waals surface area (Å²) in [5, 5.41) is 3.32. The van der Waals surface area contributed by atoms with Crippen molar-refractivity contribution >= 4 is 17.5 Å². The maximum atomic E-state index is 13.5. The first kappa shape index (κ1) is 23.7. The lowest BCUT2D eigenvalue weighted by molar-refractivity contribution is -0.123. The Morgan fingerprint density at radius 2 is 1.62 bits per heavy atom. The molecule has 0 spiro atoms. The third-order valence-corrected chi connectivity index (χ3v) is 8.60. The smallest absolute Gasteiger partial charge is 0.253 e. The fraction of sp³-hybridized carbons (Fsp3) is 0.387. The highest BCUT2D eigenvalue weighted by Gasteiger charge is 2.33. The van der Waals surface area contributed by atoms with Crippen LogP contribution < -0.4 is 10.2 Å². The van der Waals surface area contributed by atoms with Gasteiger partial charge in [0.15, 0.2) is 0 Å². The van der Waals surface area contributed by atoms with E-state index in [1.54, 1.807) is 0 Å². The van der Waals surface area contributed by atoms with Crippen molar-refractivity contribution in [3.8, 4) is 0 Å². The maximum absolute atomic E-state index is 13.5. The number of rotatable bonds is 5. The fourth-order valence-corrected chi connectivity index (χ4v) is 6.42. The number of carbonyl (C=O) groups excluding carboxylic acids is 2. The largest absolute Gasteiger partial charge is 0.371 e. The summed E-state index contributed by atoms with van der Waals surface area (Å²) in [7, 11) is 1.93. The van der Waals surface area contributed by atoms with E-state index in [-0.39, 0.29) is 29.8 Å². The van der Waals surface area contributed by atoms with Gasteiger partial charge in [-0.3, -0.25) is 14.6 Å². The van der Waals surface area contributed by atoms with Crippen LogP contribution in [0.2, 0.25) is 0 Å². The first-order chi connectivity index (χ1) is 18.1. The van der Waals surface area contributed by atoms with Crippen molar-refractivity contribution in [1.82, 2.24) is 15.2 Å². The minimum atomic E-state index is -0.0748. The van der Waals surface area contributed by atoms with Crippen molar-refractivity contribution < 1.29 is 9.59 Å². The van der Waals surface area contributed by atoms with Gasteiger partial charge in [0.05, 0.1) is 12.0 Å². The molecule has 6 nitrogen and oxygen atoms in total. The molecular formula is C31H34N4O2. The topological polar surface area (TPSA) is 65.5 Å². The summed E-state index contributed by atoms with van der Waals surface area (Å²) in [4.78, 5) is 35.1. The van der Waals surface area contributed by atoms with Crippen molar-refractivity contribution in [2.24, 2.45) is 0 Å². The van der Waals surface area contributed by atoms with Gasteiger partial charge in [-0.15, -0.1) is 0 Å². The van der Waals surface area contributed by atoms with Gasteiger partial charge in [0.1, 0.15) is 0 Å². The van der Waals surface area contributed by atoms with Crippen LogP contribution in [0.25, 0.3) is 0 Å². The van der Waals surface area contributed by atoms with E-state index in [9.17, 15) is 9.59 Å². The van der Waals surface area contributed by atoms with Gasteiger partial charge in [0, 0.05) is 49.8 Å². The molecular weight excluding hydrogens is 460 g/mol. The first-order valence-corrected chi connectivity index (χ1v) is 13.5. The van der Waals surface area contributed by atoms with Crippen LogP contribution in [-0.2, 0) is 17.6 Å². The van der Waals surface area contributed by atoms with Crippen molar-refractivity contribution in [3.05, 3.63) is 94.8 Å². The monoisotopic (exact) mass is 494 g/mol. The van der Waals surface area contributed by atoms with Crippen LogP contribution in [0.3, 0.4) is 0 Å². The molecule has 0 radical (unpaired) electrons. The Hall–Kier alpha value is -3.67. The maximum Gasteiger partial charge on any atom is 0.253 e. The summed E-state index contributed by atoms with van der Waals surface area (Å²) in [6, 6.07) is 18.6. The lowest BCUT2D eigenvalue weighted by atomic mass is 9.98. The predicted molar refractivity (Wildman–Crippen MR) is 145 cm³/mol. The highest BCUT2D eigenvalue weighted by molar-refractivity contribution is 5.94. The quantitative estimate of drug-likeness (QED) is 0.561. The second-order valence-electron chi connectivity index (χ2n) is 10.6. The Morgan fingerprint density at radius 1 is 0.892 bits per heavy atom. The number of fused-ring (bicyclic) bond motifs is 2. The van der Waals surface area contributed by atoms with Crippen LogP contribution in [0.5, 0.6) is 0 Å². The Kier molecular flexibility index (Phi) is 6.41. The third-order valence-electron chi connectivity index (χ3n) is 8.60. The van der Waals surface area contributed by atoms with Gasteiger partial charge >= 0.3 is 0 Å². The van der Waals surface area contributed by atoms with Gasteiger partial charge in [-0.2, -0.15) is 0 Å². The lowest BCUT2D eigenvalue weighted by Crippen LogP contribution is -2.45. The van der Waals surface area contributed by atoms with E-state index < -0.39 is 0 Å². The molecule has 0 bridgehead atoms. The zero-order chi connectivity index (χ0) is 25.4. The molecule has 1 saturated heterocycles. The number of carbonyl (C=O) groups is 2. The minimum absolute atomic E-state index is 0.0306. The van der Waals surface area contributed by atoms with Crippen molar-refractivity contribution in [1.29, 1.82) is 0 Å². The molecule has 2 atom stereocenters. The Balaban J connectivity index is 1.11. The van der Waals surface area contributed by atoms with Gasteiger partial charge < -0.3 is 15.1 Å². The van der Waals surface area contributed by atoms with Crippen LogP contribution in [0, 0.1) is 0 Å². The van der Waals surface area contributed by atoms with Crippen LogP contribution >= 0.6 is 0 Å². The second kappa shape index (κ2) is 10.0. The number of benzene rings is 2. The zero-order valence-electron chi connectivity index (χ0n) is 21.4. The van der Waals surface area contributed by atoms with Crippen molar-refractivity contribution in [3.63, 3.8) is 0 Å². The number of hydrogen-bond donors (Lipinski definition) is 1. The van der Waals surface area contributed by atoms with Gasteiger partial charge in [-0.25, -0.2) is 0 Å². The van der Waals surface area contributed by atoms with Gasteiger partial charge in [0.25, 0.3) is 5.91 Å². The van der Waals surface area contributed by atoms with Gasteiger partial charge in [0.2, 0.25) is 5.91 Å². The van der Waals surface area contributed by atoms with E-state index in [4.69, 9.17) is 0 Å². The van der Waals surface area contributed by atoms with Crippen LogP contribution in [0.4, 0.5) is 5.69 Å². The highest BCUT2D eigenvalue weighted by Crippen LogP contribution is 2.36. The number of hydrogen-bond acceptors (Lipinski definition) is 4. The molecule has 2 aromatic carbocycles. The molecule has 2 heterocycles. The molecule has 0 saturated carbocycles. The lowest BCUT2D eigenvalue weighted by Gasteiger charge is -2.38. The number of nitrogens with one attached hydrogen (secondary N) is 1. The van der Waals surface area contributed by atoms with Crippen LogP contribution in [0.15, 0.2) is 67.0 Å². The molecule has 37 heavy (non-hydrogen) atoms. The summed E-state index contributed by atoms with van der Waals surface area (Å²) in [6.07, 6.45) is 9.18. The van der Waals surface area contributed by atoms with E-state index >= 15 is 0 Å². The number of aryl methyl sites for hydroxylation is 2. The van der Waals surface area contributed by atoms with Crippen LogP contribution in [0.1, 0.15) is 70.3 Å². The fourth-order valence-electron chi connectivity index (χ4n) is 6.42. The molecule has 1 fully saturated rings. The van der Waals surface area contributed by atoms with Crippen molar-refractivity contribution in [2.75, 3.05) is 25.0 Å². The van der Waals surface area contributed by atoms with E-state index in [0.717, 1.165) is 57.2 Å². The molecule has 6 heteroatoms. The SMILES string of the molecule is CN(C(=O)c1ccc2c(c1)[C@H](NC(=O)C1CCc3ccccc31)CC2)C1CCN(c2ccncc2)CC1. The van der Waals surface area contributed by atoms with E-state index in [0.29, 0.717) is 5.56 Å². The Morgan fingerprint density at radius 3 is 2.43 bits per heavy atom. The number of anilines is 1. The third kappa shape index (κ3) is 4.61. The summed E-state index contributed by atoms with van der Waals surface area (Å²) in [5.74, 6) is 0.0960. The molecule has 2 aliphatic carbocycles. The Bertz CT molecular complexity index is 1300. The van der Waals surface area contributed by atoms with E-state index in [1.807, 2.05) is 60.7 Å². The van der Waals surface area contributed by atoms with Gasteiger partial charge in [-0.1, -0.05) is 30.3 Å². The molecule has 3 aliphatic rings. The number of nitrogens with zero attached hydrogens (tertiary/aromatic N) is 3. The predicted octanol–water partition coefficient (Wildman–Crippen LogP) is 4.66. The summed E-state index contributed by atoms with van der Waals surface area (Å²) >= 11 is 0. The Labute approximate surface area is 218 Å². The number of piperidine rings is 1. The highest BCUT2D eigenvalue weighted by atomic mass is 16.2. The summed E-state index contributed by atoms with van der Waals surface area (Å²) < 4.78 is 0. The number of aromatic nitrogens is 1. The van der Waals surface area contributed by atoms with Crippen molar-refractivity contribution in [2.45, 2.75) is 56.5 Å². The van der Waals surface area contributed by atoms with E-state index in [1.165, 1.54) is 22.4 Å². The zero-order valence-corrected chi connectivity index (χ0v) is 21.4. The molecule has 1 N–H and O–H groups in total. The average Bonchev–Trinajstić information content (AvgIpc) is 3.57. The van der Waals surface area contributed by atoms with Gasteiger partial charge in [-0.05, 0) is 85.0 Å². The standard InChI is InChI=1S/C31H34N4O2/c1-34(24-14-18-35(19-15-24)25-12-16-32-17-13-25)31(37)23-7-6-22-9-11-29(28(22)20-23)33-30(36)27-10-8-21-4-2-3-5-26(21)27/h2-7,12-13,16-17,20,24,27,29H,8-11,14-15,18-19H2,1H3,(H,33,36)/t27?,29-/m1/s1. The molecule has 2 amide bonds. The number of pyridine rings is 1. The molecule has 190 valence electrons. The minimum Gasteiger partial charge on any atom is -0.371 e. The molecule has 1 aliphatic heterocycles.